The van der Waals surface area contributed by atoms with Crippen molar-refractivity contribution in [1.82, 2.24) is 14.9 Å². The first kappa shape index (κ1) is 13.3. The van der Waals surface area contributed by atoms with E-state index >= 15 is 0 Å². The Morgan fingerprint density at radius 3 is 2.50 bits per heavy atom. The third kappa shape index (κ3) is 3.42. The van der Waals surface area contributed by atoms with Gasteiger partial charge in [0.05, 0.1) is 0 Å². The van der Waals surface area contributed by atoms with Crippen LogP contribution in [0.15, 0.2) is 48.9 Å². The molecule has 3 nitrogen and oxygen atoms in total. The Morgan fingerprint density at radius 1 is 1.00 bits per heavy atom. The van der Waals surface area contributed by atoms with Gasteiger partial charge in [-0.25, -0.2) is 0 Å². The van der Waals surface area contributed by atoms with Gasteiger partial charge < -0.3 is 4.90 Å². The summed E-state index contributed by atoms with van der Waals surface area (Å²) in [4.78, 5) is 11.1. The van der Waals surface area contributed by atoms with Crippen LogP contribution in [0.1, 0.15) is 30.0 Å². The van der Waals surface area contributed by atoms with Gasteiger partial charge in [0.2, 0.25) is 0 Å². The SMILES string of the molecule is c1ccc(CCN2CCC(c3ccncc3)CC2)nc1. The van der Waals surface area contributed by atoms with Crippen LogP contribution in [0.3, 0.4) is 0 Å². The molecule has 104 valence electrons. The second kappa shape index (κ2) is 6.62. The number of nitrogens with zero attached hydrogens (tertiary/aromatic N) is 3. The van der Waals surface area contributed by atoms with Crippen LogP contribution in [0.4, 0.5) is 0 Å². The lowest BCUT2D eigenvalue weighted by Crippen LogP contribution is -2.34. The smallest absolute Gasteiger partial charge is 0.0416 e. The normalized spacial score (nSPS) is 17.2. The minimum Gasteiger partial charge on any atom is -0.303 e. The summed E-state index contributed by atoms with van der Waals surface area (Å²) >= 11 is 0. The molecule has 0 spiro atoms. The van der Waals surface area contributed by atoms with Crippen molar-refractivity contribution in [1.29, 1.82) is 0 Å². The predicted octanol–water partition coefficient (Wildman–Crippen LogP) is 2.90. The fraction of sp³-hybridized carbons (Fsp3) is 0.412. The van der Waals surface area contributed by atoms with Gasteiger partial charge in [0, 0.05) is 37.3 Å². The Bertz CT molecular complexity index is 504. The Labute approximate surface area is 120 Å². The zero-order valence-corrected chi connectivity index (χ0v) is 11.8. The highest BCUT2D eigenvalue weighted by Crippen LogP contribution is 2.27. The van der Waals surface area contributed by atoms with Gasteiger partial charge in [0.1, 0.15) is 0 Å². The molecule has 1 aliphatic heterocycles. The Kier molecular flexibility index (Phi) is 4.38. The van der Waals surface area contributed by atoms with Crippen molar-refractivity contribution in [3.05, 3.63) is 60.2 Å². The van der Waals surface area contributed by atoms with Gasteiger partial charge in [-0.1, -0.05) is 6.07 Å². The van der Waals surface area contributed by atoms with Crippen molar-refractivity contribution in [3.8, 4) is 0 Å². The average Bonchev–Trinajstić information content (AvgIpc) is 2.55. The maximum atomic E-state index is 4.39. The van der Waals surface area contributed by atoms with E-state index in [1.54, 1.807) is 0 Å². The summed E-state index contributed by atoms with van der Waals surface area (Å²) in [5, 5.41) is 0. The number of hydrogen-bond acceptors (Lipinski definition) is 3. The molecule has 2 aromatic heterocycles. The molecule has 0 bridgehead atoms. The number of pyridine rings is 2. The molecular formula is C17H21N3. The average molecular weight is 267 g/mol. The molecule has 1 aliphatic rings. The van der Waals surface area contributed by atoms with E-state index in [4.69, 9.17) is 0 Å². The summed E-state index contributed by atoms with van der Waals surface area (Å²) < 4.78 is 0. The summed E-state index contributed by atoms with van der Waals surface area (Å²) in [6.45, 7) is 3.51. The van der Waals surface area contributed by atoms with Crippen LogP contribution >= 0.6 is 0 Å². The van der Waals surface area contributed by atoms with Gasteiger partial charge in [-0.15, -0.1) is 0 Å². The molecule has 1 saturated heterocycles. The maximum absolute atomic E-state index is 4.39. The van der Waals surface area contributed by atoms with Gasteiger partial charge in [-0.05, 0) is 61.7 Å². The molecule has 0 unspecified atom stereocenters. The molecule has 0 radical (unpaired) electrons. The van der Waals surface area contributed by atoms with E-state index in [0.717, 1.165) is 13.0 Å². The monoisotopic (exact) mass is 267 g/mol. The minimum atomic E-state index is 0.712. The molecule has 0 atom stereocenters. The zero-order chi connectivity index (χ0) is 13.6. The standard InChI is InChI=1S/C17H21N3/c1-2-9-19-17(3-1)8-14-20-12-6-16(7-13-20)15-4-10-18-11-5-15/h1-5,9-11,16H,6-8,12-14H2. The number of hydrogen-bond donors (Lipinski definition) is 0. The van der Waals surface area contributed by atoms with Crippen molar-refractivity contribution in [2.24, 2.45) is 0 Å². The van der Waals surface area contributed by atoms with E-state index in [1.165, 1.54) is 37.2 Å². The quantitative estimate of drug-likeness (QED) is 0.853. The second-order valence-electron chi connectivity index (χ2n) is 5.47. The van der Waals surface area contributed by atoms with Crippen molar-refractivity contribution in [2.75, 3.05) is 19.6 Å². The summed E-state index contributed by atoms with van der Waals surface area (Å²) in [5.74, 6) is 0.712. The number of piperidine rings is 1. The second-order valence-corrected chi connectivity index (χ2v) is 5.47. The first-order valence-electron chi connectivity index (χ1n) is 7.44. The van der Waals surface area contributed by atoms with Gasteiger partial charge in [-0.3, -0.25) is 9.97 Å². The Morgan fingerprint density at radius 2 is 1.80 bits per heavy atom. The Hall–Kier alpha value is -1.74. The van der Waals surface area contributed by atoms with Crippen molar-refractivity contribution >= 4 is 0 Å². The molecule has 0 aliphatic carbocycles. The third-order valence-corrected chi connectivity index (χ3v) is 4.18. The molecule has 0 N–H and O–H groups in total. The first-order chi connectivity index (χ1) is 9.92. The van der Waals surface area contributed by atoms with Crippen LogP contribution in [0, 0.1) is 0 Å². The van der Waals surface area contributed by atoms with Gasteiger partial charge in [0.25, 0.3) is 0 Å². The molecule has 20 heavy (non-hydrogen) atoms. The minimum absolute atomic E-state index is 0.712. The molecule has 3 rings (SSSR count). The maximum Gasteiger partial charge on any atom is 0.0416 e. The summed E-state index contributed by atoms with van der Waals surface area (Å²) in [6, 6.07) is 10.5. The molecule has 0 saturated carbocycles. The first-order valence-corrected chi connectivity index (χ1v) is 7.44. The molecule has 0 aromatic carbocycles. The fourth-order valence-corrected chi connectivity index (χ4v) is 2.94. The van der Waals surface area contributed by atoms with Gasteiger partial charge in [-0.2, -0.15) is 0 Å². The lowest BCUT2D eigenvalue weighted by molar-refractivity contribution is 0.214. The van der Waals surface area contributed by atoms with Crippen LogP contribution in [-0.4, -0.2) is 34.5 Å². The highest BCUT2D eigenvalue weighted by Gasteiger charge is 2.20. The Balaban J connectivity index is 1.47. The predicted molar refractivity (Wildman–Crippen MR) is 80.6 cm³/mol. The molecule has 0 amide bonds. The number of likely N-dealkylation sites (tertiary alicyclic amines) is 1. The van der Waals surface area contributed by atoms with E-state index in [1.807, 2.05) is 24.7 Å². The zero-order valence-electron chi connectivity index (χ0n) is 11.8. The van der Waals surface area contributed by atoms with Crippen molar-refractivity contribution in [2.45, 2.75) is 25.2 Å². The highest BCUT2D eigenvalue weighted by atomic mass is 15.1. The fourth-order valence-electron chi connectivity index (χ4n) is 2.94. The molecule has 2 aromatic rings. The van der Waals surface area contributed by atoms with Crippen LogP contribution in [0.5, 0.6) is 0 Å². The van der Waals surface area contributed by atoms with Crippen LogP contribution in [-0.2, 0) is 6.42 Å². The summed E-state index contributed by atoms with van der Waals surface area (Å²) in [6.07, 6.45) is 9.26. The third-order valence-electron chi connectivity index (χ3n) is 4.18. The lowest BCUT2D eigenvalue weighted by atomic mass is 9.90. The van der Waals surface area contributed by atoms with Crippen molar-refractivity contribution in [3.63, 3.8) is 0 Å². The van der Waals surface area contributed by atoms with E-state index in [2.05, 4.69) is 39.1 Å². The van der Waals surface area contributed by atoms with Gasteiger partial charge in [0.15, 0.2) is 0 Å². The van der Waals surface area contributed by atoms with E-state index < -0.39 is 0 Å². The largest absolute Gasteiger partial charge is 0.303 e. The lowest BCUT2D eigenvalue weighted by Gasteiger charge is -2.32. The number of rotatable bonds is 4. The summed E-state index contributed by atoms with van der Waals surface area (Å²) in [7, 11) is 0. The van der Waals surface area contributed by atoms with E-state index in [0.29, 0.717) is 5.92 Å². The van der Waals surface area contributed by atoms with Crippen LogP contribution < -0.4 is 0 Å². The van der Waals surface area contributed by atoms with Gasteiger partial charge >= 0.3 is 0 Å². The molecule has 3 heterocycles. The topological polar surface area (TPSA) is 29.0 Å². The molecular weight excluding hydrogens is 246 g/mol. The van der Waals surface area contributed by atoms with Crippen LogP contribution in [0.25, 0.3) is 0 Å². The van der Waals surface area contributed by atoms with E-state index in [-0.39, 0.29) is 0 Å². The highest BCUT2D eigenvalue weighted by molar-refractivity contribution is 5.16. The summed E-state index contributed by atoms with van der Waals surface area (Å²) in [5.41, 5.74) is 2.65. The van der Waals surface area contributed by atoms with Crippen molar-refractivity contribution < 1.29 is 0 Å². The molecule has 3 heteroatoms. The van der Waals surface area contributed by atoms with E-state index in [9.17, 15) is 0 Å². The van der Waals surface area contributed by atoms with Crippen LogP contribution in [0.2, 0.25) is 0 Å². The molecule has 1 fully saturated rings. The number of aromatic nitrogens is 2.